The minimum absolute atomic E-state index is 0.142. The van der Waals surface area contributed by atoms with E-state index in [1.54, 1.807) is 32.9 Å². The average Bonchev–Trinajstić information content (AvgIpc) is 3.15. The molecular formula is C21H21N3O5. The predicted octanol–water partition coefficient (Wildman–Crippen LogP) is 4.44. The zero-order valence-electron chi connectivity index (χ0n) is 16.3. The fourth-order valence-corrected chi connectivity index (χ4v) is 2.34. The first kappa shape index (κ1) is 20.1. The van der Waals surface area contributed by atoms with Gasteiger partial charge in [0.1, 0.15) is 5.60 Å². The molecule has 0 unspecified atom stereocenters. The van der Waals surface area contributed by atoms with Crippen molar-refractivity contribution in [1.82, 2.24) is 10.1 Å². The highest BCUT2D eigenvalue weighted by Gasteiger charge is 2.17. The lowest BCUT2D eigenvalue weighted by atomic mass is 10.2. The molecule has 0 aliphatic carbocycles. The van der Waals surface area contributed by atoms with Crippen molar-refractivity contribution in [3.8, 4) is 11.4 Å². The number of hydrogen-bond acceptors (Lipinski definition) is 7. The lowest BCUT2D eigenvalue weighted by Crippen LogP contribution is -2.27. The quantitative estimate of drug-likeness (QED) is 0.637. The van der Waals surface area contributed by atoms with Gasteiger partial charge >= 0.3 is 12.1 Å². The van der Waals surface area contributed by atoms with Crippen molar-refractivity contribution in [2.45, 2.75) is 33.0 Å². The van der Waals surface area contributed by atoms with Gasteiger partial charge in [0.2, 0.25) is 5.82 Å². The Balaban J connectivity index is 1.53. The van der Waals surface area contributed by atoms with Crippen molar-refractivity contribution >= 4 is 17.7 Å². The number of carbonyl (C=O) groups excluding carboxylic acids is 2. The van der Waals surface area contributed by atoms with Crippen LogP contribution in [0, 0.1) is 0 Å². The summed E-state index contributed by atoms with van der Waals surface area (Å²) in [7, 11) is 0. The number of aromatic nitrogens is 2. The lowest BCUT2D eigenvalue weighted by Gasteiger charge is -2.19. The van der Waals surface area contributed by atoms with E-state index in [4.69, 9.17) is 14.0 Å². The zero-order valence-corrected chi connectivity index (χ0v) is 16.3. The summed E-state index contributed by atoms with van der Waals surface area (Å²) in [6.45, 7) is 5.18. The van der Waals surface area contributed by atoms with Gasteiger partial charge < -0.3 is 14.0 Å². The third-order valence-electron chi connectivity index (χ3n) is 3.59. The van der Waals surface area contributed by atoms with Crippen molar-refractivity contribution in [3.63, 3.8) is 0 Å². The van der Waals surface area contributed by atoms with Gasteiger partial charge in [-0.15, -0.1) is 0 Å². The molecule has 3 rings (SSSR count). The van der Waals surface area contributed by atoms with Crippen molar-refractivity contribution in [3.05, 3.63) is 66.1 Å². The number of carbonyl (C=O) groups is 2. The normalized spacial score (nSPS) is 11.0. The van der Waals surface area contributed by atoms with Crippen LogP contribution in [0.25, 0.3) is 11.4 Å². The fraction of sp³-hybridized carbons (Fsp3) is 0.238. The Labute approximate surface area is 167 Å². The number of esters is 1. The molecule has 0 spiro atoms. The van der Waals surface area contributed by atoms with Gasteiger partial charge in [0.05, 0.1) is 5.56 Å². The second kappa shape index (κ2) is 8.55. The molecule has 0 saturated heterocycles. The first-order valence-electron chi connectivity index (χ1n) is 8.95. The van der Waals surface area contributed by atoms with E-state index in [0.29, 0.717) is 17.1 Å². The van der Waals surface area contributed by atoms with E-state index in [-0.39, 0.29) is 12.5 Å². The first-order chi connectivity index (χ1) is 13.8. The highest BCUT2D eigenvalue weighted by Crippen LogP contribution is 2.16. The van der Waals surface area contributed by atoms with Crippen LogP contribution in [0.5, 0.6) is 0 Å². The molecular weight excluding hydrogens is 374 g/mol. The number of nitrogens with zero attached hydrogens (tertiary/aromatic N) is 2. The fourth-order valence-electron chi connectivity index (χ4n) is 2.34. The Morgan fingerprint density at radius 2 is 1.72 bits per heavy atom. The zero-order chi connectivity index (χ0) is 20.9. The molecule has 0 bridgehead atoms. The monoisotopic (exact) mass is 395 g/mol. The summed E-state index contributed by atoms with van der Waals surface area (Å²) in [5.41, 5.74) is 1.04. The number of benzene rings is 2. The summed E-state index contributed by atoms with van der Waals surface area (Å²) >= 11 is 0. The van der Waals surface area contributed by atoms with E-state index < -0.39 is 17.7 Å². The maximum Gasteiger partial charge on any atom is 0.412 e. The molecule has 2 aromatic carbocycles. The van der Waals surface area contributed by atoms with Crippen LogP contribution in [0.3, 0.4) is 0 Å². The van der Waals surface area contributed by atoms with E-state index >= 15 is 0 Å². The van der Waals surface area contributed by atoms with Gasteiger partial charge in [-0.3, -0.25) is 5.32 Å². The van der Waals surface area contributed by atoms with E-state index in [0.717, 1.165) is 5.56 Å². The Morgan fingerprint density at radius 3 is 2.38 bits per heavy atom. The Morgan fingerprint density at radius 1 is 1.03 bits per heavy atom. The van der Waals surface area contributed by atoms with E-state index in [1.807, 2.05) is 30.3 Å². The van der Waals surface area contributed by atoms with Gasteiger partial charge in [0.15, 0.2) is 6.61 Å². The molecule has 8 nitrogen and oxygen atoms in total. The highest BCUT2D eigenvalue weighted by atomic mass is 16.6. The molecule has 0 radical (unpaired) electrons. The largest absolute Gasteiger partial charge is 0.452 e. The molecule has 1 heterocycles. The SMILES string of the molecule is CC(C)(C)OC(=O)Nc1ccc(C(=O)OCc2nc(-c3ccccc3)no2)cc1. The van der Waals surface area contributed by atoms with Gasteiger partial charge in [-0.25, -0.2) is 9.59 Å². The lowest BCUT2D eigenvalue weighted by molar-refractivity contribution is 0.0429. The van der Waals surface area contributed by atoms with Crippen LogP contribution in [-0.2, 0) is 16.1 Å². The smallest absolute Gasteiger partial charge is 0.412 e. The van der Waals surface area contributed by atoms with Gasteiger partial charge in [0, 0.05) is 11.3 Å². The van der Waals surface area contributed by atoms with Crippen LogP contribution in [-0.4, -0.2) is 27.8 Å². The molecule has 1 amide bonds. The molecule has 1 aromatic heterocycles. The molecule has 0 aliphatic rings. The number of amides is 1. The van der Waals surface area contributed by atoms with Crippen molar-refractivity contribution < 1.29 is 23.6 Å². The summed E-state index contributed by atoms with van der Waals surface area (Å²) in [5, 5.41) is 6.47. The highest BCUT2D eigenvalue weighted by molar-refractivity contribution is 5.91. The molecule has 29 heavy (non-hydrogen) atoms. The number of anilines is 1. The maximum absolute atomic E-state index is 12.2. The molecule has 0 saturated carbocycles. The van der Waals surface area contributed by atoms with Crippen LogP contribution in [0.4, 0.5) is 10.5 Å². The minimum Gasteiger partial charge on any atom is -0.452 e. The summed E-state index contributed by atoms with van der Waals surface area (Å²) in [5.74, 6) is 0.0721. The Bertz CT molecular complexity index is 976. The van der Waals surface area contributed by atoms with E-state index in [2.05, 4.69) is 15.5 Å². The molecule has 1 N–H and O–H groups in total. The second-order valence-electron chi connectivity index (χ2n) is 7.16. The Kier molecular flexibility index (Phi) is 5.92. The average molecular weight is 395 g/mol. The maximum atomic E-state index is 12.2. The van der Waals surface area contributed by atoms with Gasteiger partial charge in [0.25, 0.3) is 5.89 Å². The number of rotatable bonds is 5. The summed E-state index contributed by atoms with van der Waals surface area (Å²) in [6, 6.07) is 15.6. The van der Waals surface area contributed by atoms with Crippen LogP contribution < -0.4 is 5.32 Å². The Hall–Kier alpha value is -3.68. The molecule has 3 aromatic rings. The summed E-state index contributed by atoms with van der Waals surface area (Å²) < 4.78 is 15.5. The minimum atomic E-state index is -0.594. The van der Waals surface area contributed by atoms with Crippen LogP contribution >= 0.6 is 0 Å². The number of nitrogens with one attached hydrogen (secondary N) is 1. The second-order valence-corrected chi connectivity index (χ2v) is 7.16. The molecule has 8 heteroatoms. The standard InChI is InChI=1S/C21H21N3O5/c1-21(2,3)28-20(26)22-16-11-9-15(10-12-16)19(25)27-13-17-23-18(24-29-17)14-7-5-4-6-8-14/h4-12H,13H2,1-3H3,(H,22,26). The molecule has 150 valence electrons. The molecule has 0 fully saturated rings. The van der Waals surface area contributed by atoms with Crippen LogP contribution in [0.1, 0.15) is 37.0 Å². The van der Waals surface area contributed by atoms with Crippen molar-refractivity contribution in [1.29, 1.82) is 0 Å². The topological polar surface area (TPSA) is 104 Å². The van der Waals surface area contributed by atoms with Gasteiger partial charge in [-0.05, 0) is 45.0 Å². The number of ether oxygens (including phenoxy) is 2. The first-order valence-corrected chi connectivity index (χ1v) is 8.95. The van der Waals surface area contributed by atoms with E-state index in [1.165, 1.54) is 12.1 Å². The summed E-state index contributed by atoms with van der Waals surface area (Å²) in [6.07, 6.45) is -0.571. The molecule has 0 aliphatic heterocycles. The van der Waals surface area contributed by atoms with Crippen LogP contribution in [0.15, 0.2) is 59.1 Å². The van der Waals surface area contributed by atoms with E-state index in [9.17, 15) is 9.59 Å². The summed E-state index contributed by atoms with van der Waals surface area (Å²) in [4.78, 5) is 28.2. The van der Waals surface area contributed by atoms with Gasteiger partial charge in [-0.1, -0.05) is 35.5 Å². The third kappa shape index (κ3) is 5.90. The van der Waals surface area contributed by atoms with Crippen molar-refractivity contribution in [2.24, 2.45) is 0 Å². The molecule has 0 atom stereocenters. The van der Waals surface area contributed by atoms with Crippen LogP contribution in [0.2, 0.25) is 0 Å². The van der Waals surface area contributed by atoms with Crippen molar-refractivity contribution in [2.75, 3.05) is 5.32 Å². The predicted molar refractivity (Wildman–Crippen MR) is 105 cm³/mol. The van der Waals surface area contributed by atoms with Gasteiger partial charge in [-0.2, -0.15) is 4.98 Å². The third-order valence-corrected chi connectivity index (χ3v) is 3.59. The number of hydrogen-bond donors (Lipinski definition) is 1.